The molecule has 1 unspecified atom stereocenters. The molecule has 3 N–H and O–H groups in total. The zero-order valence-electron chi connectivity index (χ0n) is 12.3. The molecule has 3 nitrogen and oxygen atoms in total. The lowest BCUT2D eigenvalue weighted by atomic mass is 10.1. The molecule has 20 heavy (non-hydrogen) atoms. The van der Waals surface area contributed by atoms with E-state index < -0.39 is 0 Å². The number of hydrogen-bond donors (Lipinski definition) is 2. The average Bonchev–Trinajstić information content (AvgIpc) is 2.85. The summed E-state index contributed by atoms with van der Waals surface area (Å²) < 4.78 is 13.4. The minimum absolute atomic E-state index is 0.181. The van der Waals surface area contributed by atoms with Crippen molar-refractivity contribution in [1.29, 1.82) is 0 Å². The molecule has 0 fully saturated rings. The second-order valence-corrected chi connectivity index (χ2v) is 5.34. The number of fused-ring (bicyclic) bond motifs is 1. The highest BCUT2D eigenvalue weighted by Crippen LogP contribution is 2.20. The van der Waals surface area contributed by atoms with Crippen LogP contribution in [-0.2, 0) is 6.42 Å². The van der Waals surface area contributed by atoms with Crippen LogP contribution in [0.15, 0.2) is 24.4 Å². The Morgan fingerprint density at radius 1 is 1.35 bits per heavy atom. The minimum Gasteiger partial charge on any atom is -0.361 e. The number of aromatic amines is 1. The number of rotatable bonds is 7. The molecule has 2 aromatic rings. The van der Waals surface area contributed by atoms with Crippen molar-refractivity contribution in [1.82, 2.24) is 9.88 Å². The smallest absolute Gasteiger partial charge is 0.123 e. The molecule has 0 saturated carbocycles. The van der Waals surface area contributed by atoms with Crippen molar-refractivity contribution in [2.24, 2.45) is 5.73 Å². The number of nitrogens with two attached hydrogens (primary N) is 1. The van der Waals surface area contributed by atoms with E-state index in [1.807, 2.05) is 6.20 Å². The lowest BCUT2D eigenvalue weighted by molar-refractivity contribution is 0.212. The Bertz CT molecular complexity index is 550. The maximum absolute atomic E-state index is 13.4. The van der Waals surface area contributed by atoms with Crippen LogP contribution in [0.5, 0.6) is 0 Å². The van der Waals surface area contributed by atoms with E-state index in [2.05, 4.69) is 23.7 Å². The fourth-order valence-electron chi connectivity index (χ4n) is 2.60. The molecule has 4 heteroatoms. The van der Waals surface area contributed by atoms with E-state index in [0.717, 1.165) is 36.8 Å². The van der Waals surface area contributed by atoms with Gasteiger partial charge in [0.1, 0.15) is 5.82 Å². The van der Waals surface area contributed by atoms with Gasteiger partial charge < -0.3 is 10.7 Å². The maximum Gasteiger partial charge on any atom is 0.123 e. The number of H-pyrrole nitrogens is 1. The van der Waals surface area contributed by atoms with Gasteiger partial charge in [0, 0.05) is 42.8 Å². The Balaban J connectivity index is 2.09. The molecule has 1 aromatic heterocycles. The standard InChI is InChI=1S/C16H24FN3/c1-3-12(2)20(9-7-18)8-6-13-11-19-16-5-4-14(17)10-15(13)16/h4-5,10-12,19H,3,6-9,18H2,1-2H3. The largest absolute Gasteiger partial charge is 0.361 e. The van der Waals surface area contributed by atoms with Crippen molar-refractivity contribution < 1.29 is 4.39 Å². The third-order valence-electron chi connectivity index (χ3n) is 4.03. The first-order valence-electron chi connectivity index (χ1n) is 7.35. The molecule has 110 valence electrons. The Morgan fingerprint density at radius 3 is 2.85 bits per heavy atom. The number of benzene rings is 1. The summed E-state index contributed by atoms with van der Waals surface area (Å²) in [5.41, 5.74) is 7.85. The van der Waals surface area contributed by atoms with E-state index in [-0.39, 0.29) is 5.82 Å². The predicted octanol–water partition coefficient (Wildman–Crippen LogP) is 2.91. The first-order valence-corrected chi connectivity index (χ1v) is 7.35. The zero-order valence-corrected chi connectivity index (χ0v) is 12.3. The van der Waals surface area contributed by atoms with Crippen LogP contribution in [0.1, 0.15) is 25.8 Å². The van der Waals surface area contributed by atoms with E-state index in [1.165, 1.54) is 11.6 Å². The summed E-state index contributed by atoms with van der Waals surface area (Å²) in [5.74, 6) is -0.181. The van der Waals surface area contributed by atoms with Gasteiger partial charge in [-0.1, -0.05) is 6.92 Å². The highest BCUT2D eigenvalue weighted by Gasteiger charge is 2.12. The molecule has 0 radical (unpaired) electrons. The van der Waals surface area contributed by atoms with Gasteiger partial charge in [-0.3, -0.25) is 4.90 Å². The van der Waals surface area contributed by atoms with Crippen molar-refractivity contribution in [3.63, 3.8) is 0 Å². The van der Waals surface area contributed by atoms with Crippen molar-refractivity contribution in [3.8, 4) is 0 Å². The van der Waals surface area contributed by atoms with E-state index in [9.17, 15) is 4.39 Å². The van der Waals surface area contributed by atoms with Crippen LogP contribution in [0, 0.1) is 5.82 Å². The normalized spacial score (nSPS) is 13.2. The molecule has 1 heterocycles. The minimum atomic E-state index is -0.181. The third kappa shape index (κ3) is 3.38. The van der Waals surface area contributed by atoms with Gasteiger partial charge in [0.05, 0.1) is 0 Å². The fraction of sp³-hybridized carbons (Fsp3) is 0.500. The van der Waals surface area contributed by atoms with E-state index in [0.29, 0.717) is 12.6 Å². The topological polar surface area (TPSA) is 45.0 Å². The molecule has 0 amide bonds. The van der Waals surface area contributed by atoms with Gasteiger partial charge in [-0.15, -0.1) is 0 Å². The zero-order chi connectivity index (χ0) is 14.5. The molecular weight excluding hydrogens is 253 g/mol. The van der Waals surface area contributed by atoms with Gasteiger partial charge >= 0.3 is 0 Å². The second kappa shape index (κ2) is 6.86. The Labute approximate surface area is 120 Å². The molecule has 1 atom stereocenters. The lowest BCUT2D eigenvalue weighted by Gasteiger charge is -2.27. The molecule has 0 aliphatic rings. The summed E-state index contributed by atoms with van der Waals surface area (Å²) in [5, 5.41) is 0.988. The molecule has 1 aromatic carbocycles. The highest BCUT2D eigenvalue weighted by atomic mass is 19.1. The van der Waals surface area contributed by atoms with Crippen molar-refractivity contribution >= 4 is 10.9 Å². The molecule has 0 aliphatic carbocycles. The monoisotopic (exact) mass is 277 g/mol. The molecule has 2 rings (SSSR count). The SMILES string of the molecule is CCC(C)N(CCN)CCc1c[nH]c2ccc(F)cc12. The van der Waals surface area contributed by atoms with E-state index in [4.69, 9.17) is 5.73 Å². The third-order valence-corrected chi connectivity index (χ3v) is 4.03. The van der Waals surface area contributed by atoms with Crippen molar-refractivity contribution in [2.45, 2.75) is 32.7 Å². The van der Waals surface area contributed by atoms with Gasteiger partial charge in [0.15, 0.2) is 0 Å². The van der Waals surface area contributed by atoms with E-state index >= 15 is 0 Å². The molecular formula is C16H24FN3. The van der Waals surface area contributed by atoms with Gasteiger partial charge in [-0.05, 0) is 43.5 Å². The van der Waals surface area contributed by atoms with Gasteiger partial charge in [0.25, 0.3) is 0 Å². The summed E-state index contributed by atoms with van der Waals surface area (Å²) in [7, 11) is 0. The molecule has 0 spiro atoms. The molecule has 0 aliphatic heterocycles. The van der Waals surface area contributed by atoms with E-state index in [1.54, 1.807) is 12.1 Å². The number of halogens is 1. The van der Waals surface area contributed by atoms with Crippen molar-refractivity contribution in [3.05, 3.63) is 35.8 Å². The maximum atomic E-state index is 13.4. The molecule has 0 saturated heterocycles. The van der Waals surface area contributed by atoms with Gasteiger partial charge in [0.2, 0.25) is 0 Å². The summed E-state index contributed by atoms with van der Waals surface area (Å²) in [6.07, 6.45) is 4.01. The molecule has 0 bridgehead atoms. The van der Waals surface area contributed by atoms with Crippen LogP contribution in [0.2, 0.25) is 0 Å². The van der Waals surface area contributed by atoms with Crippen LogP contribution in [0.4, 0.5) is 4.39 Å². The van der Waals surface area contributed by atoms with Crippen LogP contribution < -0.4 is 5.73 Å². The van der Waals surface area contributed by atoms with Crippen LogP contribution in [-0.4, -0.2) is 35.6 Å². The Hall–Kier alpha value is -1.39. The fourth-order valence-corrected chi connectivity index (χ4v) is 2.60. The van der Waals surface area contributed by atoms with Crippen LogP contribution in [0.25, 0.3) is 10.9 Å². The average molecular weight is 277 g/mol. The van der Waals surface area contributed by atoms with Crippen LogP contribution >= 0.6 is 0 Å². The number of nitrogens with one attached hydrogen (secondary N) is 1. The van der Waals surface area contributed by atoms with Gasteiger partial charge in [-0.25, -0.2) is 4.39 Å². The Kier molecular flexibility index (Phi) is 5.15. The first-order chi connectivity index (χ1) is 9.65. The quantitative estimate of drug-likeness (QED) is 0.817. The predicted molar refractivity (Wildman–Crippen MR) is 82.3 cm³/mol. The lowest BCUT2D eigenvalue weighted by Crippen LogP contribution is -2.38. The van der Waals surface area contributed by atoms with Crippen LogP contribution in [0.3, 0.4) is 0 Å². The first kappa shape index (κ1) is 15.0. The summed E-state index contributed by atoms with van der Waals surface area (Å²) in [6.45, 7) is 6.95. The Morgan fingerprint density at radius 2 is 2.15 bits per heavy atom. The number of hydrogen-bond acceptors (Lipinski definition) is 2. The number of aromatic nitrogens is 1. The second-order valence-electron chi connectivity index (χ2n) is 5.34. The summed E-state index contributed by atoms with van der Waals surface area (Å²) in [6, 6.07) is 5.42. The summed E-state index contributed by atoms with van der Waals surface area (Å²) >= 11 is 0. The number of nitrogens with zero attached hydrogens (tertiary/aromatic N) is 1. The van der Waals surface area contributed by atoms with Crippen molar-refractivity contribution in [2.75, 3.05) is 19.6 Å². The van der Waals surface area contributed by atoms with Gasteiger partial charge in [-0.2, -0.15) is 0 Å². The highest BCUT2D eigenvalue weighted by molar-refractivity contribution is 5.83. The summed E-state index contributed by atoms with van der Waals surface area (Å²) in [4.78, 5) is 5.61.